The van der Waals surface area contributed by atoms with E-state index in [1.807, 2.05) is 0 Å². The lowest BCUT2D eigenvalue weighted by Gasteiger charge is -2.08. The van der Waals surface area contributed by atoms with Gasteiger partial charge in [0, 0.05) is 12.8 Å². The van der Waals surface area contributed by atoms with Crippen LogP contribution in [0, 0.1) is 0 Å². The Hall–Kier alpha value is -0.620. The molecule has 1 fully saturated rings. The predicted octanol–water partition coefficient (Wildman–Crippen LogP) is -0.675. The van der Waals surface area contributed by atoms with Gasteiger partial charge in [0.25, 0.3) is 0 Å². The monoisotopic (exact) mass is 221 g/mol. The smallest absolute Gasteiger partial charge is 0.323 e. The number of hydrogen-bond acceptors (Lipinski definition) is 5. The van der Waals surface area contributed by atoms with E-state index in [1.165, 1.54) is 6.26 Å². The summed E-state index contributed by atoms with van der Waals surface area (Å²) in [6.45, 7) is 2.38. The van der Waals surface area contributed by atoms with Crippen LogP contribution in [0.4, 0.5) is 0 Å². The molecule has 1 aliphatic heterocycles. The van der Waals surface area contributed by atoms with E-state index in [2.05, 4.69) is 5.32 Å². The van der Waals surface area contributed by atoms with Crippen molar-refractivity contribution in [1.29, 1.82) is 0 Å². The maximum atomic E-state index is 11.2. The number of sulfone groups is 1. The molecule has 0 radical (unpaired) electrons. The second kappa shape index (κ2) is 4.27. The number of carbonyl (C=O) groups is 1. The highest BCUT2D eigenvalue weighted by atomic mass is 32.2. The fourth-order valence-corrected chi connectivity index (χ4v) is 2.39. The van der Waals surface area contributed by atoms with Crippen molar-refractivity contribution >= 4 is 15.8 Å². The lowest BCUT2D eigenvalue weighted by atomic mass is 10.2. The van der Waals surface area contributed by atoms with Crippen LogP contribution in [0.3, 0.4) is 0 Å². The van der Waals surface area contributed by atoms with Crippen molar-refractivity contribution in [3.63, 3.8) is 0 Å². The molecular weight excluding hydrogens is 206 g/mol. The van der Waals surface area contributed by atoms with Gasteiger partial charge in [-0.3, -0.25) is 4.79 Å². The van der Waals surface area contributed by atoms with Crippen molar-refractivity contribution in [2.75, 3.05) is 19.4 Å². The Bertz CT molecular complexity index is 311. The predicted molar refractivity (Wildman–Crippen MR) is 51.7 cm³/mol. The normalized spacial score (nSPS) is 27.6. The molecule has 0 aromatic rings. The minimum Gasteiger partial charge on any atom is -0.465 e. The summed E-state index contributed by atoms with van der Waals surface area (Å²) in [4.78, 5) is 11.2. The summed E-state index contributed by atoms with van der Waals surface area (Å²) in [5.41, 5.74) is 0. The van der Waals surface area contributed by atoms with Crippen molar-refractivity contribution in [3.05, 3.63) is 0 Å². The Morgan fingerprint density at radius 2 is 2.21 bits per heavy atom. The van der Waals surface area contributed by atoms with E-state index in [-0.39, 0.29) is 5.97 Å². The molecule has 0 aromatic carbocycles. The maximum absolute atomic E-state index is 11.2. The lowest BCUT2D eigenvalue weighted by molar-refractivity contribution is -0.145. The third kappa shape index (κ3) is 2.68. The van der Waals surface area contributed by atoms with E-state index in [9.17, 15) is 13.2 Å². The fraction of sp³-hybridized carbons (Fsp3) is 0.875. The lowest BCUT2D eigenvalue weighted by Crippen LogP contribution is -2.32. The zero-order valence-corrected chi connectivity index (χ0v) is 9.13. The van der Waals surface area contributed by atoms with Crippen molar-refractivity contribution in [2.24, 2.45) is 0 Å². The van der Waals surface area contributed by atoms with Gasteiger partial charge in [0.15, 0.2) is 9.84 Å². The Balaban J connectivity index is 2.54. The van der Waals surface area contributed by atoms with Crippen molar-refractivity contribution in [1.82, 2.24) is 5.32 Å². The van der Waals surface area contributed by atoms with E-state index in [1.54, 1.807) is 6.92 Å². The minimum atomic E-state index is -3.05. The first-order valence-electron chi connectivity index (χ1n) is 4.54. The number of hydrogen-bond donors (Lipinski definition) is 1. The van der Waals surface area contributed by atoms with Gasteiger partial charge in [-0.05, 0) is 13.3 Å². The van der Waals surface area contributed by atoms with Crippen LogP contribution in [0.15, 0.2) is 0 Å². The molecule has 0 amide bonds. The highest BCUT2D eigenvalue weighted by Crippen LogP contribution is 2.14. The zero-order chi connectivity index (χ0) is 10.8. The quantitative estimate of drug-likeness (QED) is 0.640. The van der Waals surface area contributed by atoms with E-state index < -0.39 is 21.1 Å². The first kappa shape index (κ1) is 11.5. The van der Waals surface area contributed by atoms with Gasteiger partial charge in [-0.15, -0.1) is 0 Å². The summed E-state index contributed by atoms with van der Waals surface area (Å²) < 4.78 is 27.1. The average Bonchev–Trinajstić information content (AvgIpc) is 2.51. The minimum absolute atomic E-state index is 0.317. The Labute approximate surface area is 83.7 Å². The van der Waals surface area contributed by atoms with Gasteiger partial charge in [-0.25, -0.2) is 8.42 Å². The molecule has 1 N–H and O–H groups in total. The van der Waals surface area contributed by atoms with Gasteiger partial charge in [0.2, 0.25) is 0 Å². The van der Waals surface area contributed by atoms with E-state index in [4.69, 9.17) is 4.74 Å². The molecular formula is C8H15NO4S. The SMILES string of the molecule is CCOC(=O)[C@@H]1C[C@@H](S(C)(=O)=O)CN1. The third-order valence-electron chi connectivity index (χ3n) is 2.27. The molecule has 6 heteroatoms. The largest absolute Gasteiger partial charge is 0.465 e. The second-order valence-corrected chi connectivity index (χ2v) is 5.73. The first-order chi connectivity index (χ1) is 6.45. The van der Waals surface area contributed by atoms with Gasteiger partial charge in [-0.1, -0.05) is 0 Å². The van der Waals surface area contributed by atoms with E-state index in [0.29, 0.717) is 19.6 Å². The molecule has 0 saturated carbocycles. The molecule has 1 heterocycles. The molecule has 1 aliphatic rings. The summed E-state index contributed by atoms with van der Waals surface area (Å²) in [5, 5.41) is 2.38. The van der Waals surface area contributed by atoms with Crippen molar-refractivity contribution in [2.45, 2.75) is 24.6 Å². The van der Waals surface area contributed by atoms with Gasteiger partial charge < -0.3 is 10.1 Å². The van der Waals surface area contributed by atoms with Gasteiger partial charge >= 0.3 is 5.97 Å². The fourth-order valence-electron chi connectivity index (χ4n) is 1.45. The Kier molecular flexibility index (Phi) is 3.49. The number of carbonyl (C=O) groups excluding carboxylic acids is 1. The maximum Gasteiger partial charge on any atom is 0.323 e. The highest BCUT2D eigenvalue weighted by molar-refractivity contribution is 7.91. The molecule has 2 atom stereocenters. The second-order valence-electron chi connectivity index (χ2n) is 3.40. The van der Waals surface area contributed by atoms with Gasteiger partial charge in [0.05, 0.1) is 11.9 Å². The summed E-state index contributed by atoms with van der Waals surface area (Å²) in [6.07, 6.45) is 1.50. The van der Waals surface area contributed by atoms with Gasteiger partial charge in [0.1, 0.15) is 6.04 Å². The molecule has 0 aliphatic carbocycles. The van der Waals surface area contributed by atoms with Crippen LogP contribution < -0.4 is 5.32 Å². The average molecular weight is 221 g/mol. The number of esters is 1. The topological polar surface area (TPSA) is 72.5 Å². The molecule has 5 nitrogen and oxygen atoms in total. The summed E-state index contributed by atoms with van der Waals surface area (Å²) in [6, 6.07) is -0.463. The molecule has 1 rings (SSSR count). The third-order valence-corrected chi connectivity index (χ3v) is 3.84. The standard InChI is InChI=1S/C8H15NO4S/c1-3-13-8(10)7-4-6(5-9-7)14(2,11)12/h6-7,9H,3-5H2,1-2H3/t6-,7+/m1/s1. The van der Waals surface area contributed by atoms with Crippen molar-refractivity contribution < 1.29 is 17.9 Å². The number of ether oxygens (including phenoxy) is 1. The van der Waals surface area contributed by atoms with Crippen LogP contribution in [0.2, 0.25) is 0 Å². The molecule has 0 spiro atoms. The van der Waals surface area contributed by atoms with E-state index in [0.717, 1.165) is 0 Å². The Morgan fingerprint density at radius 1 is 1.57 bits per heavy atom. The van der Waals surface area contributed by atoms with Crippen LogP contribution >= 0.6 is 0 Å². The van der Waals surface area contributed by atoms with Crippen LogP contribution in [0.1, 0.15) is 13.3 Å². The van der Waals surface area contributed by atoms with Crippen molar-refractivity contribution in [3.8, 4) is 0 Å². The van der Waals surface area contributed by atoms with Crippen LogP contribution in [-0.2, 0) is 19.4 Å². The van der Waals surface area contributed by atoms with Crippen LogP contribution in [-0.4, -0.2) is 45.1 Å². The highest BCUT2D eigenvalue weighted by Gasteiger charge is 2.35. The summed E-state index contributed by atoms with van der Waals surface area (Å²) in [5.74, 6) is -0.362. The molecule has 1 saturated heterocycles. The summed E-state index contributed by atoms with van der Waals surface area (Å²) in [7, 11) is -3.05. The first-order valence-corrected chi connectivity index (χ1v) is 6.49. The van der Waals surface area contributed by atoms with E-state index >= 15 is 0 Å². The van der Waals surface area contributed by atoms with Gasteiger partial charge in [-0.2, -0.15) is 0 Å². The zero-order valence-electron chi connectivity index (χ0n) is 8.32. The number of rotatable bonds is 3. The summed E-state index contributed by atoms with van der Waals surface area (Å²) >= 11 is 0. The molecule has 82 valence electrons. The molecule has 0 bridgehead atoms. The molecule has 0 aromatic heterocycles. The van der Waals surface area contributed by atoms with Crippen LogP contribution in [0.5, 0.6) is 0 Å². The molecule has 0 unspecified atom stereocenters. The number of nitrogens with one attached hydrogen (secondary N) is 1. The molecule has 14 heavy (non-hydrogen) atoms. The Morgan fingerprint density at radius 3 is 2.64 bits per heavy atom. The van der Waals surface area contributed by atoms with Crippen LogP contribution in [0.25, 0.3) is 0 Å².